The molecule has 32 heavy (non-hydrogen) atoms. The minimum absolute atomic E-state index is 0.0569. The lowest BCUT2D eigenvalue weighted by Gasteiger charge is -2.47. The van der Waals surface area contributed by atoms with E-state index in [1.165, 1.54) is 12.8 Å². The second-order valence-corrected chi connectivity index (χ2v) is 10.4. The van der Waals surface area contributed by atoms with Crippen LogP contribution >= 0.6 is 0 Å². The summed E-state index contributed by atoms with van der Waals surface area (Å²) >= 11 is 0. The van der Waals surface area contributed by atoms with E-state index < -0.39 is 5.41 Å². The van der Waals surface area contributed by atoms with Crippen molar-refractivity contribution in [3.63, 3.8) is 0 Å². The van der Waals surface area contributed by atoms with E-state index in [1.54, 1.807) is 0 Å². The van der Waals surface area contributed by atoms with Gasteiger partial charge in [-0.1, -0.05) is 39.0 Å². The summed E-state index contributed by atoms with van der Waals surface area (Å²) in [4.78, 5) is 13.6. The molecule has 6 rings (SSSR count). The summed E-state index contributed by atoms with van der Waals surface area (Å²) < 4.78 is 2.09. The molecule has 1 aromatic carbocycles. The fourth-order valence-corrected chi connectivity index (χ4v) is 5.88. The first-order valence-corrected chi connectivity index (χ1v) is 11.7. The van der Waals surface area contributed by atoms with Crippen molar-refractivity contribution in [3.05, 3.63) is 65.3 Å². The topological polar surface area (TPSA) is 71.6 Å². The summed E-state index contributed by atoms with van der Waals surface area (Å²) in [6.07, 6.45) is 10.4. The van der Waals surface area contributed by atoms with E-state index in [0.717, 1.165) is 46.4 Å². The minimum Gasteiger partial charge on any atom is -0.362 e. The van der Waals surface area contributed by atoms with Crippen LogP contribution in [0.3, 0.4) is 0 Å². The molecular weight excluding hydrogens is 398 g/mol. The highest BCUT2D eigenvalue weighted by Gasteiger charge is 2.53. The first-order valence-electron chi connectivity index (χ1n) is 11.7. The average Bonchev–Trinajstić information content (AvgIpc) is 3.29. The standard InChI is InChI=1S/C26H29N5O/c1-4-26(18-7-5-6-16(10-18)17-13-28-31(15-17)19-8-9-19)20-14-27-30-24(20)29-21-11-25(2,3)12-22(32)23(21)26/h5-7,10,13-15,19,24,29H,4,8-9,11-12H2,1-3H3/t24?,26-/m0/s1. The Hall–Kier alpha value is -3.02. The number of hydrogen-bond donors (Lipinski definition) is 1. The SMILES string of the molecule is CC[C@]1(c2cccc(-c3cnn(C4CC4)c3)c2)C2=CN=NC2NC2=C1C(=O)CC(C)(C)C2. The molecular formula is C26H29N5O. The average molecular weight is 428 g/mol. The summed E-state index contributed by atoms with van der Waals surface area (Å²) in [5, 5.41) is 16.9. The summed E-state index contributed by atoms with van der Waals surface area (Å²) in [7, 11) is 0. The Morgan fingerprint density at radius 1 is 1.19 bits per heavy atom. The zero-order valence-corrected chi connectivity index (χ0v) is 18.9. The quantitative estimate of drug-likeness (QED) is 0.705. The summed E-state index contributed by atoms with van der Waals surface area (Å²) in [6, 6.07) is 9.21. The molecule has 0 radical (unpaired) electrons. The number of carbonyl (C=O) groups excluding carboxylic acids is 1. The van der Waals surface area contributed by atoms with Gasteiger partial charge in [-0.05, 0) is 48.3 Å². The van der Waals surface area contributed by atoms with Crippen LogP contribution in [0.1, 0.15) is 64.5 Å². The third-order valence-electron chi connectivity index (χ3n) is 7.52. The fraction of sp³-hybridized carbons (Fsp3) is 0.462. The first kappa shape index (κ1) is 19.6. The summed E-state index contributed by atoms with van der Waals surface area (Å²) in [6.45, 7) is 6.52. The van der Waals surface area contributed by atoms with E-state index >= 15 is 0 Å². The van der Waals surface area contributed by atoms with Crippen molar-refractivity contribution in [1.82, 2.24) is 15.1 Å². The van der Waals surface area contributed by atoms with Crippen molar-refractivity contribution in [2.45, 2.75) is 70.5 Å². The lowest BCUT2D eigenvalue weighted by molar-refractivity contribution is -0.119. The molecule has 1 saturated carbocycles. The fourth-order valence-electron chi connectivity index (χ4n) is 5.88. The number of allylic oxidation sites excluding steroid dienone is 2. The Labute approximate surface area is 188 Å². The molecule has 2 aliphatic carbocycles. The zero-order valence-electron chi connectivity index (χ0n) is 18.9. The van der Waals surface area contributed by atoms with Gasteiger partial charge < -0.3 is 5.32 Å². The van der Waals surface area contributed by atoms with Crippen LogP contribution in [0.5, 0.6) is 0 Å². The van der Waals surface area contributed by atoms with Crippen molar-refractivity contribution in [2.75, 3.05) is 0 Å². The van der Waals surface area contributed by atoms with E-state index in [9.17, 15) is 4.79 Å². The van der Waals surface area contributed by atoms with Gasteiger partial charge in [0.05, 0.1) is 23.9 Å². The number of rotatable bonds is 4. The molecule has 1 aromatic heterocycles. The molecule has 6 heteroatoms. The number of aromatic nitrogens is 2. The third-order valence-corrected chi connectivity index (χ3v) is 7.52. The Balaban J connectivity index is 1.52. The monoisotopic (exact) mass is 427 g/mol. The highest BCUT2D eigenvalue weighted by Crippen LogP contribution is 2.54. The molecule has 164 valence electrons. The number of carbonyl (C=O) groups is 1. The number of fused-ring (bicyclic) bond motifs is 1. The van der Waals surface area contributed by atoms with Crippen LogP contribution in [0.2, 0.25) is 0 Å². The van der Waals surface area contributed by atoms with Crippen LogP contribution < -0.4 is 5.32 Å². The van der Waals surface area contributed by atoms with Gasteiger partial charge in [0.15, 0.2) is 11.9 Å². The maximum absolute atomic E-state index is 13.6. The number of nitrogens with zero attached hydrogens (tertiary/aromatic N) is 4. The molecule has 6 nitrogen and oxygen atoms in total. The van der Waals surface area contributed by atoms with Crippen LogP contribution in [-0.4, -0.2) is 21.7 Å². The van der Waals surface area contributed by atoms with E-state index in [1.807, 2.05) is 12.4 Å². The van der Waals surface area contributed by atoms with Crippen LogP contribution in [0, 0.1) is 5.41 Å². The molecule has 0 spiro atoms. The second-order valence-electron chi connectivity index (χ2n) is 10.4. The number of hydrogen-bond acceptors (Lipinski definition) is 5. The number of Topliss-reactive ketones (excluding diaryl/α,β-unsaturated/α-hetero) is 1. The molecule has 0 amide bonds. The van der Waals surface area contributed by atoms with E-state index in [2.05, 4.69) is 76.6 Å². The maximum atomic E-state index is 13.6. The number of nitrogens with one attached hydrogen (secondary N) is 1. The van der Waals surface area contributed by atoms with Crippen molar-refractivity contribution in [1.29, 1.82) is 0 Å². The highest BCUT2D eigenvalue weighted by molar-refractivity contribution is 6.01. The van der Waals surface area contributed by atoms with Crippen LogP contribution in [-0.2, 0) is 10.2 Å². The maximum Gasteiger partial charge on any atom is 0.164 e. The lowest BCUT2D eigenvalue weighted by Crippen LogP contribution is -2.51. The molecule has 0 saturated heterocycles. The van der Waals surface area contributed by atoms with Gasteiger partial charge >= 0.3 is 0 Å². The number of ketones is 1. The third kappa shape index (κ3) is 2.85. The van der Waals surface area contributed by atoms with E-state index in [-0.39, 0.29) is 17.4 Å². The molecule has 2 atom stereocenters. The van der Waals surface area contributed by atoms with Crippen molar-refractivity contribution >= 4 is 5.78 Å². The Bertz CT molecular complexity index is 1210. The van der Waals surface area contributed by atoms with Crippen molar-refractivity contribution in [3.8, 4) is 11.1 Å². The summed E-state index contributed by atoms with van der Waals surface area (Å²) in [5.74, 6) is 0.240. The normalized spacial score (nSPS) is 28.3. The molecule has 0 bridgehead atoms. The zero-order chi connectivity index (χ0) is 22.1. The molecule has 1 fully saturated rings. The van der Waals surface area contributed by atoms with Gasteiger partial charge in [-0.15, -0.1) is 0 Å². The van der Waals surface area contributed by atoms with E-state index in [0.29, 0.717) is 12.5 Å². The van der Waals surface area contributed by atoms with Gasteiger partial charge in [-0.25, -0.2) is 0 Å². The smallest absolute Gasteiger partial charge is 0.164 e. The minimum atomic E-state index is -0.509. The predicted molar refractivity (Wildman–Crippen MR) is 123 cm³/mol. The van der Waals surface area contributed by atoms with Crippen LogP contribution in [0.15, 0.2) is 69.9 Å². The number of benzene rings is 1. The Morgan fingerprint density at radius 2 is 2.03 bits per heavy atom. The Kier molecular flexibility index (Phi) is 4.14. The molecule has 2 aromatic rings. The van der Waals surface area contributed by atoms with Gasteiger partial charge in [-0.2, -0.15) is 15.3 Å². The lowest BCUT2D eigenvalue weighted by atomic mass is 9.58. The first-order chi connectivity index (χ1) is 15.4. The predicted octanol–water partition coefficient (Wildman–Crippen LogP) is 5.46. The molecule has 1 unspecified atom stereocenters. The largest absolute Gasteiger partial charge is 0.362 e. The van der Waals surface area contributed by atoms with Gasteiger partial charge in [0.1, 0.15) is 0 Å². The van der Waals surface area contributed by atoms with Crippen LogP contribution in [0.25, 0.3) is 11.1 Å². The van der Waals surface area contributed by atoms with Crippen molar-refractivity contribution in [2.24, 2.45) is 15.6 Å². The molecule has 1 N–H and O–H groups in total. The van der Waals surface area contributed by atoms with Gasteiger partial charge in [0, 0.05) is 35.0 Å². The van der Waals surface area contributed by atoms with E-state index in [4.69, 9.17) is 0 Å². The Morgan fingerprint density at radius 3 is 2.81 bits per heavy atom. The molecule has 2 aliphatic heterocycles. The highest BCUT2D eigenvalue weighted by atomic mass is 16.1. The molecule has 3 heterocycles. The van der Waals surface area contributed by atoms with Crippen LogP contribution in [0.4, 0.5) is 0 Å². The molecule has 4 aliphatic rings. The van der Waals surface area contributed by atoms with Gasteiger partial charge in [0.25, 0.3) is 0 Å². The summed E-state index contributed by atoms with van der Waals surface area (Å²) in [5.41, 5.74) is 5.87. The van der Waals surface area contributed by atoms with Gasteiger partial charge in [-0.3, -0.25) is 9.48 Å². The van der Waals surface area contributed by atoms with Crippen molar-refractivity contribution < 1.29 is 4.79 Å². The number of azo groups is 1. The second kappa shape index (κ2) is 6.74. The van der Waals surface area contributed by atoms with Gasteiger partial charge in [0.2, 0.25) is 0 Å².